The van der Waals surface area contributed by atoms with Gasteiger partial charge in [-0.2, -0.15) is 0 Å². The quantitative estimate of drug-likeness (QED) is 0.289. The number of nitrogens with one attached hydrogen (secondary N) is 1. The van der Waals surface area contributed by atoms with Crippen molar-refractivity contribution in [1.29, 1.82) is 0 Å². The second kappa shape index (κ2) is 4.97. The number of hydrogen-bond donors (Lipinski definition) is 2. The first kappa shape index (κ1) is 12.1. The minimum Gasteiger partial charge on any atom is -0.299 e. The highest BCUT2D eigenvalue weighted by Crippen LogP contribution is 2.41. The molecule has 3 N–H and O–H groups in total. The number of nitrogens with two attached hydrogens (primary N) is 1. The van der Waals surface area contributed by atoms with Gasteiger partial charge in [0.25, 0.3) is 0 Å². The molecule has 0 unspecified atom stereocenters. The summed E-state index contributed by atoms with van der Waals surface area (Å²) in [4.78, 5) is 22.1. The molecule has 0 heterocycles. The van der Waals surface area contributed by atoms with E-state index in [0.29, 0.717) is 12.8 Å². The van der Waals surface area contributed by atoms with Crippen LogP contribution in [-0.4, -0.2) is 11.7 Å². The van der Waals surface area contributed by atoms with Crippen molar-refractivity contribution < 1.29 is 9.59 Å². The molecule has 0 bridgehead atoms. The van der Waals surface area contributed by atoms with Crippen LogP contribution < -0.4 is 11.3 Å². The highest BCUT2D eigenvalue weighted by Gasteiger charge is 2.47. The maximum absolute atomic E-state index is 11.1. The Balaban J connectivity index is 0.000000671. The van der Waals surface area contributed by atoms with Crippen LogP contribution in [0.25, 0.3) is 0 Å². The fourth-order valence-electron chi connectivity index (χ4n) is 1.41. The van der Waals surface area contributed by atoms with Gasteiger partial charge in [0.1, 0.15) is 11.2 Å². The Morgan fingerprint density at radius 1 is 1.31 bits per heavy atom. The van der Waals surface area contributed by atoms with Crippen LogP contribution in [0.5, 0.6) is 0 Å². The van der Waals surface area contributed by atoms with E-state index in [2.05, 4.69) is 0 Å². The lowest BCUT2D eigenvalue weighted by Crippen LogP contribution is -2.52. The third kappa shape index (κ3) is 2.06. The second-order valence-corrected chi connectivity index (χ2v) is 2.97. The molecule has 4 heteroatoms. The zero-order valence-electron chi connectivity index (χ0n) is 8.52. The molecule has 0 radical (unpaired) electrons. The summed E-state index contributed by atoms with van der Waals surface area (Å²) in [6, 6.07) is 0. The van der Waals surface area contributed by atoms with E-state index in [1.165, 1.54) is 6.92 Å². The molecule has 1 fully saturated rings. The molecule has 0 aromatic heterocycles. The lowest BCUT2D eigenvalue weighted by atomic mass is 9.66. The lowest BCUT2D eigenvalue weighted by Gasteiger charge is -2.36. The number of carbonyl (C=O) groups is 2. The molecular formula is C9H18N2O2. The molecule has 76 valence electrons. The number of Topliss-reactive ketones (excluding diaryl/α,β-unsaturated/α-hetero) is 1. The standard InChI is InChI=1S/C7H12N2O2.C2H6/c1-5(10)7(3-2-4-7)6(11)9-8;1-2/h2-4,8H2,1H3,(H,9,11);1-2H3. The van der Waals surface area contributed by atoms with Crippen LogP contribution in [0.2, 0.25) is 0 Å². The molecule has 0 aromatic rings. The highest BCUT2D eigenvalue weighted by atomic mass is 16.2. The molecule has 0 saturated heterocycles. The van der Waals surface area contributed by atoms with Gasteiger partial charge in [-0.25, -0.2) is 5.84 Å². The highest BCUT2D eigenvalue weighted by molar-refractivity contribution is 6.05. The van der Waals surface area contributed by atoms with Crippen molar-refractivity contribution >= 4 is 11.7 Å². The Morgan fingerprint density at radius 3 is 1.85 bits per heavy atom. The first-order chi connectivity index (χ1) is 6.13. The van der Waals surface area contributed by atoms with E-state index in [4.69, 9.17) is 5.84 Å². The van der Waals surface area contributed by atoms with Crippen molar-refractivity contribution in [1.82, 2.24) is 5.43 Å². The van der Waals surface area contributed by atoms with Gasteiger partial charge in [-0.05, 0) is 19.8 Å². The Morgan fingerprint density at radius 2 is 1.77 bits per heavy atom. The predicted octanol–water partition coefficient (Wildman–Crippen LogP) is 0.762. The molecule has 1 rings (SSSR count). The summed E-state index contributed by atoms with van der Waals surface area (Å²) < 4.78 is 0. The number of hydrazine groups is 1. The number of ketones is 1. The van der Waals surface area contributed by atoms with Gasteiger partial charge in [0.15, 0.2) is 0 Å². The first-order valence-corrected chi connectivity index (χ1v) is 4.65. The largest absolute Gasteiger partial charge is 0.299 e. The Kier molecular flexibility index (Phi) is 4.62. The van der Waals surface area contributed by atoms with Crippen LogP contribution in [0.4, 0.5) is 0 Å². The summed E-state index contributed by atoms with van der Waals surface area (Å²) in [7, 11) is 0. The van der Waals surface area contributed by atoms with Crippen LogP contribution in [0.15, 0.2) is 0 Å². The molecule has 0 spiro atoms. The third-order valence-corrected chi connectivity index (χ3v) is 2.45. The van der Waals surface area contributed by atoms with E-state index in [1.807, 2.05) is 19.3 Å². The number of hydrogen-bond acceptors (Lipinski definition) is 3. The maximum Gasteiger partial charge on any atom is 0.247 e. The summed E-state index contributed by atoms with van der Waals surface area (Å²) in [6.07, 6.45) is 2.23. The predicted molar refractivity (Wildman–Crippen MR) is 50.6 cm³/mol. The van der Waals surface area contributed by atoms with Crippen molar-refractivity contribution in [3.63, 3.8) is 0 Å². The van der Waals surface area contributed by atoms with Crippen molar-refractivity contribution in [2.75, 3.05) is 0 Å². The summed E-state index contributed by atoms with van der Waals surface area (Å²) in [6.45, 7) is 5.44. The van der Waals surface area contributed by atoms with Gasteiger partial charge >= 0.3 is 0 Å². The molecule has 0 atom stereocenters. The molecule has 0 aromatic carbocycles. The molecule has 1 aliphatic rings. The molecule has 4 nitrogen and oxygen atoms in total. The van der Waals surface area contributed by atoms with Crippen molar-refractivity contribution in [3.05, 3.63) is 0 Å². The Hall–Kier alpha value is -0.900. The normalized spacial score (nSPS) is 17.5. The van der Waals surface area contributed by atoms with Gasteiger partial charge in [-0.15, -0.1) is 0 Å². The molecule has 13 heavy (non-hydrogen) atoms. The summed E-state index contributed by atoms with van der Waals surface area (Å²) in [5.41, 5.74) is 1.25. The average molecular weight is 186 g/mol. The second-order valence-electron chi connectivity index (χ2n) is 2.97. The van der Waals surface area contributed by atoms with E-state index < -0.39 is 5.41 Å². The molecule has 0 aliphatic heterocycles. The Bertz CT molecular complexity index is 198. The van der Waals surface area contributed by atoms with Crippen molar-refractivity contribution in [3.8, 4) is 0 Å². The van der Waals surface area contributed by atoms with Crippen LogP contribution in [0.3, 0.4) is 0 Å². The number of carbonyl (C=O) groups excluding carboxylic acids is 2. The van der Waals surface area contributed by atoms with E-state index >= 15 is 0 Å². The smallest absolute Gasteiger partial charge is 0.247 e. The summed E-state index contributed by atoms with van der Waals surface area (Å²) in [5.74, 6) is 4.54. The van der Waals surface area contributed by atoms with E-state index in [0.717, 1.165) is 6.42 Å². The third-order valence-electron chi connectivity index (χ3n) is 2.45. The molecule has 1 aliphatic carbocycles. The van der Waals surface area contributed by atoms with Crippen LogP contribution in [-0.2, 0) is 9.59 Å². The number of amides is 1. The van der Waals surface area contributed by atoms with Crippen molar-refractivity contribution in [2.24, 2.45) is 11.3 Å². The fourth-order valence-corrected chi connectivity index (χ4v) is 1.41. The SMILES string of the molecule is CC.CC(=O)C1(C(=O)NN)CCC1. The van der Waals surface area contributed by atoms with E-state index in [1.54, 1.807) is 0 Å². The number of rotatable bonds is 2. The molecular weight excluding hydrogens is 168 g/mol. The van der Waals surface area contributed by atoms with Gasteiger partial charge < -0.3 is 0 Å². The maximum atomic E-state index is 11.1. The topological polar surface area (TPSA) is 72.2 Å². The Labute approximate surface area is 78.8 Å². The van der Waals surface area contributed by atoms with Crippen LogP contribution >= 0.6 is 0 Å². The summed E-state index contributed by atoms with van der Waals surface area (Å²) >= 11 is 0. The monoisotopic (exact) mass is 186 g/mol. The summed E-state index contributed by atoms with van der Waals surface area (Å²) in [5, 5.41) is 0. The van der Waals surface area contributed by atoms with Gasteiger partial charge in [0.2, 0.25) is 5.91 Å². The van der Waals surface area contributed by atoms with Gasteiger partial charge in [0.05, 0.1) is 0 Å². The molecule has 1 amide bonds. The minimum atomic E-state index is -0.783. The average Bonchev–Trinajstić information content (AvgIpc) is 2.05. The first-order valence-electron chi connectivity index (χ1n) is 4.65. The fraction of sp³-hybridized carbons (Fsp3) is 0.778. The zero-order chi connectivity index (χ0) is 10.5. The van der Waals surface area contributed by atoms with Gasteiger partial charge in [-0.1, -0.05) is 20.3 Å². The van der Waals surface area contributed by atoms with Crippen molar-refractivity contribution in [2.45, 2.75) is 40.0 Å². The van der Waals surface area contributed by atoms with Crippen LogP contribution in [0, 0.1) is 5.41 Å². The van der Waals surface area contributed by atoms with Crippen LogP contribution in [0.1, 0.15) is 40.0 Å². The van der Waals surface area contributed by atoms with E-state index in [-0.39, 0.29) is 11.7 Å². The van der Waals surface area contributed by atoms with Gasteiger partial charge in [0, 0.05) is 0 Å². The zero-order valence-corrected chi connectivity index (χ0v) is 8.52. The van der Waals surface area contributed by atoms with E-state index in [9.17, 15) is 9.59 Å². The molecule has 1 saturated carbocycles. The lowest BCUT2D eigenvalue weighted by molar-refractivity contribution is -0.146. The van der Waals surface area contributed by atoms with Gasteiger partial charge in [-0.3, -0.25) is 15.0 Å². The minimum absolute atomic E-state index is 0.0771.